The molecule has 0 saturated carbocycles. The smallest absolute Gasteiger partial charge is 0.371 e. The van der Waals surface area contributed by atoms with Crippen LogP contribution in [0.5, 0.6) is 0 Å². The van der Waals surface area contributed by atoms with Gasteiger partial charge in [0.1, 0.15) is 12.1 Å². The van der Waals surface area contributed by atoms with Gasteiger partial charge in [-0.1, -0.05) is 0 Å². The van der Waals surface area contributed by atoms with E-state index in [4.69, 9.17) is 15.2 Å². The summed E-state index contributed by atoms with van der Waals surface area (Å²) in [4.78, 5) is 0. The van der Waals surface area contributed by atoms with Crippen molar-refractivity contribution in [3.05, 3.63) is 0 Å². The molecule has 3 N–H and O–H groups in total. The van der Waals surface area contributed by atoms with E-state index in [1.807, 2.05) is 0 Å². The fourth-order valence-electron chi connectivity index (χ4n) is 1.34. The largest absolute Gasteiger partial charge is 0.403 e. The molecule has 0 amide bonds. The van der Waals surface area contributed by atoms with Gasteiger partial charge in [-0.15, -0.1) is 11.8 Å². The van der Waals surface area contributed by atoms with Crippen LogP contribution in [0.25, 0.3) is 0 Å². The molecule has 14 heteroatoms. The number of alkyl halides is 6. The minimum atomic E-state index is -4.48. The Balaban J connectivity index is -0.00000242. The number of nitrogens with one attached hydrogen (secondary N) is 1. The molecule has 2 unspecified atom stereocenters. The van der Waals surface area contributed by atoms with Crippen LogP contribution in [0.15, 0.2) is 0 Å². The van der Waals surface area contributed by atoms with Crippen molar-refractivity contribution in [1.82, 2.24) is 5.32 Å². The van der Waals surface area contributed by atoms with Gasteiger partial charge in [0, 0.05) is 53.2 Å². The zero-order chi connectivity index (χ0) is 17.9. The van der Waals surface area contributed by atoms with Crippen molar-refractivity contribution < 1.29 is 70.0 Å². The Morgan fingerprint density at radius 1 is 0.960 bits per heavy atom. The summed E-state index contributed by atoms with van der Waals surface area (Å²) in [7, 11) is 0. The summed E-state index contributed by atoms with van der Waals surface area (Å²) in [6, 6.07) is -3.69. The number of nitrogens with two attached hydrogens (primary N) is 1. The van der Waals surface area contributed by atoms with Gasteiger partial charge in [0.25, 0.3) is 0 Å². The van der Waals surface area contributed by atoms with Crippen LogP contribution < -0.4 is 11.1 Å². The van der Waals surface area contributed by atoms with E-state index in [2.05, 4.69) is 17.9 Å². The topological polar surface area (TPSA) is 56.5 Å². The monoisotopic (exact) mass is 500 g/mol. The van der Waals surface area contributed by atoms with Crippen molar-refractivity contribution in [3.8, 4) is 0 Å². The Morgan fingerprint density at radius 2 is 1.52 bits per heavy atom. The molecule has 2 atom stereocenters. The van der Waals surface area contributed by atoms with Crippen molar-refractivity contribution in [2.45, 2.75) is 37.3 Å². The molecule has 0 aromatic rings. The number of hydrogen-bond acceptors (Lipinski definition) is 6. The number of rotatable bonds is 12. The maximum Gasteiger partial charge on any atom is 0.403 e. The van der Waals surface area contributed by atoms with Gasteiger partial charge in [0.2, 0.25) is 0 Å². The van der Waals surface area contributed by atoms with E-state index in [9.17, 15) is 26.3 Å². The molecular weight excluding hydrogens is 480 g/mol. The second kappa shape index (κ2) is 16.1. The normalized spacial score (nSPS) is 14.4. The van der Waals surface area contributed by atoms with Gasteiger partial charge in [0.15, 0.2) is 0 Å². The van der Waals surface area contributed by atoms with Gasteiger partial charge >= 0.3 is 12.4 Å². The molecule has 0 aromatic carbocycles. The van der Waals surface area contributed by atoms with Gasteiger partial charge in [0.05, 0.1) is 11.9 Å². The predicted octanol–water partition coefficient (Wildman–Crippen LogP) is 2.74. The third-order valence-corrected chi connectivity index (χ3v) is 3.52. The molecule has 0 aliphatic rings. The molecular formula is C11H20F6Mn2N2O2S2. The second-order valence-corrected chi connectivity index (χ2v) is 5.63. The summed E-state index contributed by atoms with van der Waals surface area (Å²) in [5.74, 6) is -0.0566. The first-order chi connectivity index (χ1) is 10.6. The first kappa shape index (κ1) is 30.9. The van der Waals surface area contributed by atoms with Crippen molar-refractivity contribution in [2.75, 3.05) is 31.0 Å². The van der Waals surface area contributed by atoms with Gasteiger partial charge in [-0.05, 0) is 12.8 Å². The molecule has 0 aliphatic heterocycles. The van der Waals surface area contributed by atoms with Crippen LogP contribution in [0.3, 0.4) is 0 Å². The Hall–Kier alpha value is 1.16. The molecule has 154 valence electrons. The minimum Gasteiger partial charge on any atom is -0.371 e. The van der Waals surface area contributed by atoms with Crippen LogP contribution >= 0.6 is 24.4 Å². The number of ether oxygens (including phenoxy) is 2. The van der Waals surface area contributed by atoms with Gasteiger partial charge in [-0.2, -0.15) is 39.0 Å². The van der Waals surface area contributed by atoms with Crippen molar-refractivity contribution >= 4 is 24.4 Å². The van der Waals surface area contributed by atoms with Gasteiger partial charge in [-0.25, -0.2) is 0 Å². The minimum absolute atomic E-state index is 0. The van der Waals surface area contributed by atoms with E-state index in [-0.39, 0.29) is 71.5 Å². The Labute approximate surface area is 173 Å². The van der Waals surface area contributed by atoms with Crippen molar-refractivity contribution in [2.24, 2.45) is 5.73 Å². The summed E-state index contributed by atoms with van der Waals surface area (Å²) in [6.45, 7) is -0.302. The maximum atomic E-state index is 12.7. The van der Waals surface area contributed by atoms with Crippen LogP contribution in [-0.2, 0) is 43.6 Å². The molecule has 0 fully saturated rings. The third kappa shape index (κ3) is 17.0. The Kier molecular flexibility index (Phi) is 19.9. The molecule has 0 spiro atoms. The van der Waals surface area contributed by atoms with Crippen LogP contribution in [-0.4, -0.2) is 55.4 Å². The predicted molar refractivity (Wildman–Crippen MR) is 79.3 cm³/mol. The van der Waals surface area contributed by atoms with Crippen LogP contribution in [0.1, 0.15) is 12.8 Å². The van der Waals surface area contributed by atoms with E-state index in [0.717, 1.165) is 11.8 Å². The van der Waals surface area contributed by atoms with E-state index >= 15 is 0 Å². The quantitative estimate of drug-likeness (QED) is 0.127. The molecule has 0 rings (SSSR count). The first-order valence-corrected chi connectivity index (χ1v) is 8.34. The van der Waals surface area contributed by atoms with Gasteiger partial charge in [-0.3, -0.25) is 5.32 Å². The maximum absolute atomic E-state index is 12.7. The zero-order valence-corrected chi connectivity index (χ0v) is 16.9. The van der Waals surface area contributed by atoms with E-state index < -0.39 is 30.9 Å². The fraction of sp³-hybridized carbons (Fsp3) is 1.00. The average Bonchev–Trinajstić information content (AvgIpc) is 2.41. The zero-order valence-electron chi connectivity index (χ0n) is 12.9. The molecule has 25 heavy (non-hydrogen) atoms. The van der Waals surface area contributed by atoms with Crippen LogP contribution in [0.4, 0.5) is 26.3 Å². The van der Waals surface area contributed by atoms with E-state index in [1.165, 1.54) is 0 Å². The fourth-order valence-corrected chi connectivity index (χ4v) is 2.11. The van der Waals surface area contributed by atoms with Crippen LogP contribution in [0, 0.1) is 0 Å². The molecule has 0 aromatic heterocycles. The van der Waals surface area contributed by atoms with Crippen molar-refractivity contribution in [3.63, 3.8) is 0 Å². The Morgan fingerprint density at radius 3 is 2.00 bits per heavy atom. The Bertz CT molecular complexity index is 317. The molecule has 0 aliphatic carbocycles. The molecule has 0 heterocycles. The number of thiol groups is 1. The van der Waals surface area contributed by atoms with E-state index in [1.54, 1.807) is 0 Å². The van der Waals surface area contributed by atoms with Crippen LogP contribution in [0.2, 0.25) is 0 Å². The number of halogens is 6. The molecule has 4 nitrogen and oxygen atoms in total. The second-order valence-electron chi connectivity index (χ2n) is 4.44. The third-order valence-electron chi connectivity index (χ3n) is 2.63. The standard InChI is InChI=1S/C11H20F6N2O2S2.2Mn/c12-10(13,14)8(18)1-3-21-7-23-5-19-9(11(15,16)17)2-4-20-6-22;;/h8-9,19,22H,1-7,18H2;;. The molecule has 0 bridgehead atoms. The van der Waals surface area contributed by atoms with Crippen molar-refractivity contribution in [1.29, 1.82) is 0 Å². The molecule has 2 radical (unpaired) electrons. The SMILES string of the molecule is NC(CCOCSCNC(CCOCS)C(F)(F)F)C(F)(F)F.[Mn].[Mn]. The molecule has 0 saturated heterocycles. The number of hydrogen-bond donors (Lipinski definition) is 3. The number of thioether (sulfide) groups is 1. The summed E-state index contributed by atoms with van der Waals surface area (Å²) >= 11 is 4.71. The average molecular weight is 500 g/mol. The summed E-state index contributed by atoms with van der Waals surface area (Å²) in [6.07, 6.45) is -9.55. The van der Waals surface area contributed by atoms with E-state index in [0.29, 0.717) is 0 Å². The van der Waals surface area contributed by atoms with Gasteiger partial charge < -0.3 is 15.2 Å². The summed E-state index contributed by atoms with van der Waals surface area (Å²) in [5.41, 5.74) is 4.87. The summed E-state index contributed by atoms with van der Waals surface area (Å²) in [5, 5.41) is 2.29. The first-order valence-electron chi connectivity index (χ1n) is 6.55. The summed E-state index contributed by atoms with van der Waals surface area (Å²) < 4.78 is 84.0.